The fourth-order valence-electron chi connectivity index (χ4n) is 4.05. The van der Waals surface area contributed by atoms with Crippen molar-refractivity contribution >= 4 is 40.1 Å². The van der Waals surface area contributed by atoms with Gasteiger partial charge in [0.05, 0.1) is 17.3 Å². The number of nitrogens with zero attached hydrogens (tertiary/aromatic N) is 6. The highest BCUT2D eigenvalue weighted by Gasteiger charge is 2.24. The van der Waals surface area contributed by atoms with Gasteiger partial charge in [0.25, 0.3) is 0 Å². The number of aliphatic hydroxyl groups excluding tert-OH is 1. The van der Waals surface area contributed by atoms with E-state index < -0.39 is 0 Å². The maximum Gasteiger partial charge on any atom is 0.202 e. The summed E-state index contributed by atoms with van der Waals surface area (Å²) in [5.41, 5.74) is 3.73. The van der Waals surface area contributed by atoms with E-state index in [1.54, 1.807) is 31.4 Å². The highest BCUT2D eigenvalue weighted by Crippen LogP contribution is 2.35. The largest absolute Gasteiger partial charge is 0.390 e. The van der Waals surface area contributed by atoms with E-state index in [9.17, 15) is 9.50 Å². The molecule has 5 rings (SSSR count). The molecule has 9 nitrogen and oxygen atoms in total. The van der Waals surface area contributed by atoms with Crippen LogP contribution in [-0.2, 0) is 6.61 Å². The van der Waals surface area contributed by atoms with Crippen LogP contribution < -0.4 is 15.1 Å². The number of anilines is 3. The molecule has 170 valence electrons. The number of pyridine rings is 1. The molecule has 11 heteroatoms. The van der Waals surface area contributed by atoms with Crippen molar-refractivity contribution in [3.8, 4) is 11.3 Å². The summed E-state index contributed by atoms with van der Waals surface area (Å²) in [5, 5.41) is 20.8. The van der Waals surface area contributed by atoms with Gasteiger partial charge in [-0.1, -0.05) is 11.6 Å². The van der Waals surface area contributed by atoms with Gasteiger partial charge in [-0.15, -0.1) is 0 Å². The normalized spacial score (nSPS) is 14.2. The van der Waals surface area contributed by atoms with Crippen molar-refractivity contribution in [1.29, 1.82) is 0 Å². The van der Waals surface area contributed by atoms with Gasteiger partial charge in [0.15, 0.2) is 5.82 Å². The van der Waals surface area contributed by atoms with E-state index in [0.717, 1.165) is 18.8 Å². The van der Waals surface area contributed by atoms with E-state index >= 15 is 0 Å². The van der Waals surface area contributed by atoms with Crippen LogP contribution in [0, 0.1) is 5.82 Å². The van der Waals surface area contributed by atoms with E-state index in [1.165, 1.54) is 12.1 Å². The zero-order chi connectivity index (χ0) is 22.9. The topological polar surface area (TPSA) is 106 Å². The molecule has 4 heterocycles. The van der Waals surface area contributed by atoms with Gasteiger partial charge < -0.3 is 20.2 Å². The molecule has 0 spiro atoms. The summed E-state index contributed by atoms with van der Waals surface area (Å²) < 4.78 is 13.2. The third-order valence-electron chi connectivity index (χ3n) is 5.75. The summed E-state index contributed by atoms with van der Waals surface area (Å²) in [6.07, 6.45) is 1.65. The second-order valence-electron chi connectivity index (χ2n) is 7.64. The number of hydrogen-bond donors (Lipinski definition) is 3. The minimum Gasteiger partial charge on any atom is -0.390 e. The number of benzene rings is 1. The van der Waals surface area contributed by atoms with Gasteiger partial charge in [0.2, 0.25) is 5.65 Å². The first kappa shape index (κ1) is 21.4. The highest BCUT2D eigenvalue weighted by atomic mass is 35.5. The monoisotopic (exact) mass is 468 g/mol. The number of fused-ring (bicyclic) bond motifs is 1. The number of aromatic nitrogens is 5. The van der Waals surface area contributed by atoms with Crippen molar-refractivity contribution < 1.29 is 9.50 Å². The van der Waals surface area contributed by atoms with Gasteiger partial charge in [0, 0.05) is 50.7 Å². The van der Waals surface area contributed by atoms with Crippen molar-refractivity contribution in [2.24, 2.45) is 0 Å². The SMILES string of the molecule is CNc1nccc(-c2[nH]nc3nc(N4CCN(c5ccc(F)cc5)CC4)c(CO)nc23)c1Cl. The lowest BCUT2D eigenvalue weighted by Crippen LogP contribution is -2.47. The van der Waals surface area contributed by atoms with E-state index in [0.29, 0.717) is 57.9 Å². The molecular weight excluding hydrogens is 447 g/mol. The number of aromatic amines is 1. The molecule has 0 amide bonds. The Morgan fingerprint density at radius 2 is 1.82 bits per heavy atom. The molecule has 3 N–H and O–H groups in total. The van der Waals surface area contributed by atoms with E-state index in [1.807, 2.05) is 0 Å². The summed E-state index contributed by atoms with van der Waals surface area (Å²) in [6, 6.07) is 8.28. The Labute approximate surface area is 194 Å². The molecule has 0 unspecified atom stereocenters. The number of hydrogen-bond acceptors (Lipinski definition) is 8. The molecule has 0 aliphatic carbocycles. The maximum atomic E-state index is 13.2. The van der Waals surface area contributed by atoms with Crippen LogP contribution in [0.25, 0.3) is 22.4 Å². The van der Waals surface area contributed by atoms with Crippen LogP contribution in [0.4, 0.5) is 21.7 Å². The van der Waals surface area contributed by atoms with Crippen LogP contribution >= 0.6 is 11.6 Å². The number of aliphatic hydroxyl groups is 1. The summed E-state index contributed by atoms with van der Waals surface area (Å²) in [7, 11) is 1.74. The van der Waals surface area contributed by atoms with Gasteiger partial charge in [-0.05, 0) is 30.3 Å². The standard InChI is InChI=1S/C22H22ClFN8O/c1-25-20-17(23)15(6-7-26-20)18-19-21(30-29-18)28-22(16(12-33)27-19)32-10-8-31(9-11-32)14-4-2-13(24)3-5-14/h2-7,33H,8-12H2,1H3,(H,25,26)(H,28,29,30). The number of nitrogens with one attached hydrogen (secondary N) is 2. The van der Waals surface area contributed by atoms with Crippen LogP contribution in [0.2, 0.25) is 5.02 Å². The lowest BCUT2D eigenvalue weighted by atomic mass is 10.1. The van der Waals surface area contributed by atoms with Crippen LogP contribution in [0.15, 0.2) is 36.5 Å². The lowest BCUT2D eigenvalue weighted by Gasteiger charge is -2.37. The Hall–Kier alpha value is -3.50. The molecule has 0 radical (unpaired) electrons. The Morgan fingerprint density at radius 1 is 1.09 bits per heavy atom. The highest BCUT2D eigenvalue weighted by molar-refractivity contribution is 6.35. The summed E-state index contributed by atoms with van der Waals surface area (Å²) in [5.74, 6) is 0.906. The van der Waals surface area contributed by atoms with Crippen molar-refractivity contribution in [2.75, 3.05) is 48.3 Å². The summed E-state index contributed by atoms with van der Waals surface area (Å²) >= 11 is 6.50. The molecule has 0 atom stereocenters. The molecule has 0 saturated carbocycles. The van der Waals surface area contributed by atoms with Crippen LogP contribution in [0.5, 0.6) is 0 Å². The first-order chi connectivity index (χ1) is 16.1. The fraction of sp³-hybridized carbons (Fsp3) is 0.273. The van der Waals surface area contributed by atoms with E-state index in [2.05, 4.69) is 35.3 Å². The fourth-order valence-corrected chi connectivity index (χ4v) is 4.35. The Bertz CT molecular complexity index is 1290. The predicted octanol–water partition coefficient (Wildman–Crippen LogP) is 3.07. The Morgan fingerprint density at radius 3 is 2.52 bits per heavy atom. The van der Waals surface area contributed by atoms with Crippen LogP contribution in [0.3, 0.4) is 0 Å². The first-order valence-electron chi connectivity index (χ1n) is 10.5. The van der Waals surface area contributed by atoms with E-state index in [-0.39, 0.29) is 12.4 Å². The molecule has 33 heavy (non-hydrogen) atoms. The number of halogens is 2. The number of piperazine rings is 1. The lowest BCUT2D eigenvalue weighted by molar-refractivity contribution is 0.277. The minimum absolute atomic E-state index is 0.248. The average Bonchev–Trinajstić information content (AvgIpc) is 3.26. The van der Waals surface area contributed by atoms with Crippen LogP contribution in [-0.4, -0.2) is 63.5 Å². The maximum absolute atomic E-state index is 13.2. The third-order valence-corrected chi connectivity index (χ3v) is 6.14. The van der Waals surface area contributed by atoms with Gasteiger partial charge in [-0.25, -0.2) is 19.3 Å². The first-order valence-corrected chi connectivity index (χ1v) is 10.9. The van der Waals surface area contributed by atoms with Gasteiger partial charge in [0.1, 0.15) is 22.8 Å². The van der Waals surface area contributed by atoms with Gasteiger partial charge in [-0.3, -0.25) is 5.10 Å². The molecule has 3 aromatic heterocycles. The van der Waals surface area contributed by atoms with Crippen molar-refractivity contribution in [2.45, 2.75) is 6.61 Å². The molecule has 4 aromatic rings. The Balaban J connectivity index is 1.44. The minimum atomic E-state index is -0.257. The Kier molecular flexibility index (Phi) is 5.69. The predicted molar refractivity (Wildman–Crippen MR) is 126 cm³/mol. The third kappa shape index (κ3) is 3.91. The zero-order valence-electron chi connectivity index (χ0n) is 17.9. The molecule has 1 aliphatic rings. The van der Waals surface area contributed by atoms with Gasteiger partial charge >= 0.3 is 0 Å². The van der Waals surface area contributed by atoms with Crippen molar-refractivity contribution in [3.05, 3.63) is 53.1 Å². The molecule has 1 fully saturated rings. The van der Waals surface area contributed by atoms with Crippen molar-refractivity contribution in [3.63, 3.8) is 0 Å². The second kappa shape index (κ2) is 8.80. The molecule has 1 aromatic carbocycles. The molecule has 0 bridgehead atoms. The van der Waals surface area contributed by atoms with Crippen LogP contribution in [0.1, 0.15) is 5.69 Å². The molecular formula is C22H22ClFN8O. The average molecular weight is 469 g/mol. The number of H-pyrrole nitrogens is 1. The van der Waals surface area contributed by atoms with Crippen molar-refractivity contribution in [1.82, 2.24) is 25.1 Å². The van der Waals surface area contributed by atoms with E-state index in [4.69, 9.17) is 16.6 Å². The molecule has 1 aliphatic heterocycles. The summed E-state index contributed by atoms with van der Waals surface area (Å²) in [4.78, 5) is 17.9. The summed E-state index contributed by atoms with van der Waals surface area (Å²) in [6.45, 7) is 2.59. The molecule has 1 saturated heterocycles. The van der Waals surface area contributed by atoms with Gasteiger partial charge in [-0.2, -0.15) is 5.10 Å². The second-order valence-corrected chi connectivity index (χ2v) is 8.02. The quantitative estimate of drug-likeness (QED) is 0.410. The number of rotatable bonds is 5. The smallest absolute Gasteiger partial charge is 0.202 e. The zero-order valence-corrected chi connectivity index (χ0v) is 18.6.